The van der Waals surface area contributed by atoms with Crippen LogP contribution in [-0.4, -0.2) is 39.5 Å². The summed E-state index contributed by atoms with van der Waals surface area (Å²) < 4.78 is 26.9. The van der Waals surface area contributed by atoms with Crippen molar-refractivity contribution in [3.05, 3.63) is 28.2 Å². The fourth-order valence-corrected chi connectivity index (χ4v) is 1.97. The zero-order chi connectivity index (χ0) is 14.5. The number of halogens is 2. The Bertz CT molecular complexity index is 560. The number of hydrogen-bond acceptors (Lipinski definition) is 4. The molecule has 0 saturated carbocycles. The average molecular weight is 326 g/mol. The van der Waals surface area contributed by atoms with Gasteiger partial charge in [0.2, 0.25) is 0 Å². The third kappa shape index (κ3) is 6.66. The highest BCUT2D eigenvalue weighted by Crippen LogP contribution is 2.27. The second kappa shape index (κ2) is 6.98. The molecule has 106 valence electrons. The molecule has 5 nitrogen and oxygen atoms in total. The van der Waals surface area contributed by atoms with E-state index in [1.165, 1.54) is 6.07 Å². The molecule has 8 heteroatoms. The number of ether oxygens (including phenoxy) is 1. The van der Waals surface area contributed by atoms with Crippen LogP contribution in [0.15, 0.2) is 18.2 Å². The number of rotatable bonds is 6. The molecule has 0 unspecified atom stereocenters. The molecule has 0 spiro atoms. The maximum Gasteiger partial charge on any atom is 0.257 e. The van der Waals surface area contributed by atoms with Crippen molar-refractivity contribution in [3.63, 3.8) is 0 Å². The predicted molar refractivity (Wildman–Crippen MR) is 74.7 cm³/mol. The molecule has 0 fully saturated rings. The molecule has 0 heterocycles. The third-order valence-electron chi connectivity index (χ3n) is 2.05. The van der Waals surface area contributed by atoms with Gasteiger partial charge in [0.15, 0.2) is 6.61 Å². The highest BCUT2D eigenvalue weighted by Gasteiger charge is 2.08. The van der Waals surface area contributed by atoms with Crippen LogP contribution >= 0.6 is 23.2 Å². The minimum atomic E-state index is -3.09. The van der Waals surface area contributed by atoms with Gasteiger partial charge in [-0.1, -0.05) is 23.2 Å². The van der Waals surface area contributed by atoms with Crippen LogP contribution in [0.2, 0.25) is 10.0 Å². The van der Waals surface area contributed by atoms with Crippen molar-refractivity contribution in [3.8, 4) is 5.75 Å². The van der Waals surface area contributed by atoms with E-state index in [9.17, 15) is 13.2 Å². The Morgan fingerprint density at radius 3 is 2.68 bits per heavy atom. The largest absolute Gasteiger partial charge is 0.482 e. The smallest absolute Gasteiger partial charge is 0.257 e. The van der Waals surface area contributed by atoms with Crippen LogP contribution in [0.3, 0.4) is 0 Å². The van der Waals surface area contributed by atoms with Crippen molar-refractivity contribution in [1.82, 2.24) is 5.32 Å². The van der Waals surface area contributed by atoms with Gasteiger partial charge in [-0.15, -0.1) is 0 Å². The number of benzene rings is 1. The number of hydrogen-bond donors (Lipinski definition) is 1. The molecule has 0 bridgehead atoms. The van der Waals surface area contributed by atoms with E-state index in [0.29, 0.717) is 15.8 Å². The fraction of sp³-hybridized carbons (Fsp3) is 0.364. The molecule has 1 aromatic rings. The van der Waals surface area contributed by atoms with E-state index in [4.69, 9.17) is 27.9 Å². The van der Waals surface area contributed by atoms with Crippen LogP contribution in [0.4, 0.5) is 0 Å². The Balaban J connectivity index is 2.40. The van der Waals surface area contributed by atoms with Gasteiger partial charge in [-0.25, -0.2) is 8.42 Å². The van der Waals surface area contributed by atoms with E-state index in [-0.39, 0.29) is 18.9 Å². The summed E-state index contributed by atoms with van der Waals surface area (Å²) in [6, 6.07) is 4.65. The summed E-state index contributed by atoms with van der Waals surface area (Å²) in [6.45, 7) is -0.214. The molecule has 1 N–H and O–H groups in total. The summed E-state index contributed by atoms with van der Waals surface area (Å²) in [4.78, 5) is 11.4. The standard InChI is InChI=1S/C11H13Cl2NO4S/c1-19(16,17)5-4-14-11(15)7-18-10-6-8(12)2-3-9(10)13/h2-3,6H,4-5,7H2,1H3,(H,14,15). The lowest BCUT2D eigenvalue weighted by Gasteiger charge is -2.08. The maximum absolute atomic E-state index is 11.4. The topological polar surface area (TPSA) is 72.5 Å². The van der Waals surface area contributed by atoms with Gasteiger partial charge in [0.1, 0.15) is 15.6 Å². The summed E-state index contributed by atoms with van der Waals surface area (Å²) in [5.41, 5.74) is 0. The first kappa shape index (κ1) is 16.1. The normalized spacial score (nSPS) is 11.1. The van der Waals surface area contributed by atoms with Crippen molar-refractivity contribution in [2.45, 2.75) is 0 Å². The maximum atomic E-state index is 11.4. The van der Waals surface area contributed by atoms with Gasteiger partial charge in [0.05, 0.1) is 10.8 Å². The average Bonchev–Trinajstić information content (AvgIpc) is 2.28. The van der Waals surface area contributed by atoms with E-state index < -0.39 is 15.7 Å². The third-order valence-corrected chi connectivity index (χ3v) is 3.54. The van der Waals surface area contributed by atoms with Crippen molar-refractivity contribution in [2.75, 3.05) is 25.2 Å². The lowest BCUT2D eigenvalue weighted by atomic mass is 10.3. The van der Waals surface area contributed by atoms with Crippen LogP contribution in [0.5, 0.6) is 5.75 Å². The lowest BCUT2D eigenvalue weighted by molar-refractivity contribution is -0.122. The number of carbonyl (C=O) groups excluding carboxylic acids is 1. The Labute approximate surface area is 121 Å². The Hall–Kier alpha value is -0.980. The number of sulfone groups is 1. The Morgan fingerprint density at radius 2 is 2.05 bits per heavy atom. The van der Waals surface area contributed by atoms with Crippen molar-refractivity contribution in [1.29, 1.82) is 0 Å². The highest BCUT2D eigenvalue weighted by atomic mass is 35.5. The van der Waals surface area contributed by atoms with Gasteiger partial charge in [-0.2, -0.15) is 0 Å². The summed E-state index contributed by atoms with van der Waals surface area (Å²) in [7, 11) is -3.09. The van der Waals surface area contributed by atoms with Gasteiger partial charge in [-0.05, 0) is 12.1 Å². The van der Waals surface area contributed by atoms with Crippen LogP contribution < -0.4 is 10.1 Å². The zero-order valence-electron chi connectivity index (χ0n) is 10.2. The predicted octanol–water partition coefficient (Wildman–Crippen LogP) is 1.53. The molecular formula is C11H13Cl2NO4S. The fourth-order valence-electron chi connectivity index (χ4n) is 1.16. The van der Waals surface area contributed by atoms with Crippen molar-refractivity contribution in [2.24, 2.45) is 0 Å². The first-order valence-electron chi connectivity index (χ1n) is 5.30. The molecule has 0 aliphatic heterocycles. The van der Waals surface area contributed by atoms with Crippen molar-refractivity contribution >= 4 is 38.9 Å². The summed E-state index contributed by atoms with van der Waals surface area (Å²) in [5.74, 6) is -0.247. The quantitative estimate of drug-likeness (QED) is 0.860. The molecule has 1 rings (SSSR count). The van der Waals surface area contributed by atoms with Gasteiger partial charge in [0.25, 0.3) is 5.91 Å². The molecule has 19 heavy (non-hydrogen) atoms. The van der Waals surface area contributed by atoms with E-state index in [1.807, 2.05) is 0 Å². The molecule has 0 aliphatic carbocycles. The molecular weight excluding hydrogens is 313 g/mol. The Kier molecular flexibility index (Phi) is 5.90. The molecule has 0 saturated heterocycles. The first-order valence-corrected chi connectivity index (χ1v) is 8.12. The summed E-state index contributed by atoms with van der Waals surface area (Å²) in [6.07, 6.45) is 1.10. The van der Waals surface area contributed by atoms with Crippen LogP contribution in [0, 0.1) is 0 Å². The van der Waals surface area contributed by atoms with Crippen LogP contribution in [0.1, 0.15) is 0 Å². The summed E-state index contributed by atoms with van der Waals surface area (Å²) >= 11 is 11.6. The first-order chi connectivity index (χ1) is 8.78. The van der Waals surface area contributed by atoms with Gasteiger partial charge >= 0.3 is 0 Å². The lowest BCUT2D eigenvalue weighted by Crippen LogP contribution is -2.32. The SMILES string of the molecule is CS(=O)(=O)CCNC(=O)COc1cc(Cl)ccc1Cl. The second-order valence-electron chi connectivity index (χ2n) is 3.84. The number of carbonyl (C=O) groups is 1. The second-order valence-corrected chi connectivity index (χ2v) is 6.95. The molecule has 0 radical (unpaired) electrons. The van der Waals surface area contributed by atoms with E-state index in [1.54, 1.807) is 12.1 Å². The molecule has 0 atom stereocenters. The Morgan fingerprint density at radius 1 is 1.37 bits per heavy atom. The molecule has 1 aromatic carbocycles. The van der Waals surface area contributed by atoms with Gasteiger partial charge in [0, 0.05) is 23.9 Å². The van der Waals surface area contributed by atoms with Gasteiger partial charge < -0.3 is 10.1 Å². The van der Waals surface area contributed by atoms with Crippen LogP contribution in [-0.2, 0) is 14.6 Å². The van der Waals surface area contributed by atoms with E-state index in [0.717, 1.165) is 6.26 Å². The van der Waals surface area contributed by atoms with Crippen LogP contribution in [0.25, 0.3) is 0 Å². The molecule has 0 aromatic heterocycles. The minimum Gasteiger partial charge on any atom is -0.482 e. The van der Waals surface area contributed by atoms with E-state index in [2.05, 4.69) is 5.32 Å². The minimum absolute atomic E-state index is 0.0459. The van der Waals surface area contributed by atoms with Gasteiger partial charge in [-0.3, -0.25) is 4.79 Å². The van der Waals surface area contributed by atoms with E-state index >= 15 is 0 Å². The van der Waals surface area contributed by atoms with Crippen molar-refractivity contribution < 1.29 is 17.9 Å². The monoisotopic (exact) mass is 325 g/mol. The molecule has 1 amide bonds. The zero-order valence-corrected chi connectivity index (χ0v) is 12.5. The summed E-state index contributed by atoms with van der Waals surface area (Å²) in [5, 5.41) is 3.21. The number of amides is 1. The molecule has 0 aliphatic rings. The number of nitrogens with one attached hydrogen (secondary N) is 1. The highest BCUT2D eigenvalue weighted by molar-refractivity contribution is 7.90.